The molecule has 0 aliphatic rings. The van der Waals surface area contributed by atoms with Crippen LogP contribution in [0.4, 0.5) is 10.2 Å². The van der Waals surface area contributed by atoms with Crippen LogP contribution in [0.5, 0.6) is 0 Å². The minimum absolute atomic E-state index is 0.117. The van der Waals surface area contributed by atoms with Crippen molar-refractivity contribution in [3.63, 3.8) is 0 Å². The first-order valence-electron chi connectivity index (χ1n) is 6.84. The van der Waals surface area contributed by atoms with Gasteiger partial charge in [0, 0.05) is 11.6 Å². The van der Waals surface area contributed by atoms with Crippen LogP contribution < -0.4 is 5.73 Å². The molecule has 0 atom stereocenters. The summed E-state index contributed by atoms with van der Waals surface area (Å²) in [6.45, 7) is 0. The van der Waals surface area contributed by atoms with Gasteiger partial charge in [0.25, 0.3) is 10.0 Å². The molecule has 0 saturated carbocycles. The largest absolute Gasteiger partial charge is 0.382 e. The number of aromatic nitrogens is 2. The van der Waals surface area contributed by atoms with Gasteiger partial charge in [-0.3, -0.25) is 0 Å². The summed E-state index contributed by atoms with van der Waals surface area (Å²) in [4.78, 5) is 0. The number of hydrogen-bond acceptors (Lipinski definition) is 4. The van der Waals surface area contributed by atoms with Gasteiger partial charge in [0.2, 0.25) is 0 Å². The van der Waals surface area contributed by atoms with E-state index in [0.717, 1.165) is 4.09 Å². The van der Waals surface area contributed by atoms with E-state index in [1.165, 1.54) is 30.3 Å². The maximum Gasteiger partial charge on any atom is 0.258 e. The molecule has 118 valence electrons. The number of halogens is 1. The Morgan fingerprint density at radius 2 is 1.70 bits per heavy atom. The normalized spacial score (nSPS) is 11.5. The number of nitrogen functional groups attached to an aromatic ring is 1. The minimum atomic E-state index is -3.78. The average molecular weight is 331 g/mol. The molecule has 7 heteroatoms. The lowest BCUT2D eigenvalue weighted by atomic mass is 10.2. The molecule has 0 amide bonds. The topological polar surface area (TPSA) is 78.0 Å². The number of benzene rings is 2. The molecule has 5 nitrogen and oxygen atoms in total. The Labute approximate surface area is 133 Å². The molecule has 2 N–H and O–H groups in total. The monoisotopic (exact) mass is 331 g/mol. The van der Waals surface area contributed by atoms with Gasteiger partial charge in [-0.2, -0.15) is 4.09 Å². The number of anilines is 1. The summed E-state index contributed by atoms with van der Waals surface area (Å²) in [5.74, 6) is -0.597. The second-order valence-electron chi connectivity index (χ2n) is 5.05. The van der Waals surface area contributed by atoms with Gasteiger partial charge < -0.3 is 5.73 Å². The summed E-state index contributed by atoms with van der Waals surface area (Å²) in [6, 6.07) is 15.8. The quantitative estimate of drug-likeness (QED) is 0.797. The number of nitrogens with zero attached hydrogens (tertiary/aromatic N) is 2. The van der Waals surface area contributed by atoms with Crippen LogP contribution in [0.15, 0.2) is 60.7 Å². The van der Waals surface area contributed by atoms with Crippen LogP contribution in [0.3, 0.4) is 0 Å². The zero-order valence-electron chi connectivity index (χ0n) is 12.1. The van der Waals surface area contributed by atoms with Crippen LogP contribution in [0.2, 0.25) is 0 Å². The second kappa shape index (κ2) is 5.85. The summed E-state index contributed by atoms with van der Waals surface area (Å²) in [5.41, 5.74) is 7.24. The fourth-order valence-corrected chi connectivity index (χ4v) is 3.66. The van der Waals surface area contributed by atoms with Crippen molar-refractivity contribution in [3.05, 3.63) is 72.0 Å². The summed E-state index contributed by atoms with van der Waals surface area (Å²) < 4.78 is 39.2. The van der Waals surface area contributed by atoms with Crippen molar-refractivity contribution in [1.82, 2.24) is 9.19 Å². The highest BCUT2D eigenvalue weighted by Crippen LogP contribution is 2.24. The third-order valence-electron chi connectivity index (χ3n) is 3.29. The Balaban J connectivity index is 2.02. The first-order valence-corrected chi connectivity index (χ1v) is 8.45. The van der Waals surface area contributed by atoms with Crippen molar-refractivity contribution in [2.45, 2.75) is 5.75 Å². The Hall–Kier alpha value is -2.67. The zero-order valence-corrected chi connectivity index (χ0v) is 12.9. The van der Waals surface area contributed by atoms with E-state index in [9.17, 15) is 12.8 Å². The molecule has 0 bridgehead atoms. The van der Waals surface area contributed by atoms with Crippen molar-refractivity contribution in [2.75, 3.05) is 5.73 Å². The number of nitrogens with two attached hydrogens (primary N) is 1. The summed E-state index contributed by atoms with van der Waals surface area (Å²) in [6.07, 6.45) is 0. The molecular formula is C16H14FN3O2S. The first-order chi connectivity index (χ1) is 11.0. The molecule has 23 heavy (non-hydrogen) atoms. The van der Waals surface area contributed by atoms with E-state index in [1.54, 1.807) is 24.3 Å². The summed E-state index contributed by atoms with van der Waals surface area (Å²) in [7, 11) is -3.78. The molecule has 0 aliphatic carbocycles. The van der Waals surface area contributed by atoms with Crippen LogP contribution in [-0.2, 0) is 15.8 Å². The molecule has 0 spiro atoms. The zero-order chi connectivity index (χ0) is 16.4. The molecule has 3 aromatic rings. The molecule has 0 fully saturated rings. The molecular weight excluding hydrogens is 317 g/mol. The van der Waals surface area contributed by atoms with Crippen molar-refractivity contribution >= 4 is 15.8 Å². The van der Waals surface area contributed by atoms with Gasteiger partial charge in [0.15, 0.2) is 0 Å². The number of hydrogen-bond donors (Lipinski definition) is 1. The van der Waals surface area contributed by atoms with Gasteiger partial charge in [-0.05, 0) is 17.7 Å². The van der Waals surface area contributed by atoms with E-state index in [0.29, 0.717) is 16.8 Å². The Morgan fingerprint density at radius 3 is 2.35 bits per heavy atom. The molecule has 1 heterocycles. The van der Waals surface area contributed by atoms with Crippen LogP contribution in [-0.4, -0.2) is 17.6 Å². The lowest BCUT2D eigenvalue weighted by Crippen LogP contribution is -2.18. The molecule has 2 aromatic carbocycles. The van der Waals surface area contributed by atoms with Crippen LogP contribution >= 0.6 is 0 Å². The highest BCUT2D eigenvalue weighted by atomic mass is 32.2. The van der Waals surface area contributed by atoms with E-state index in [-0.39, 0.29) is 11.6 Å². The van der Waals surface area contributed by atoms with Gasteiger partial charge in [-0.1, -0.05) is 42.5 Å². The van der Waals surface area contributed by atoms with Crippen molar-refractivity contribution in [2.24, 2.45) is 0 Å². The highest BCUT2D eigenvalue weighted by Gasteiger charge is 2.21. The van der Waals surface area contributed by atoms with Crippen LogP contribution in [0.1, 0.15) is 5.56 Å². The SMILES string of the molecule is Nc1cc(-c2ccccc2)n(S(=O)(=O)Cc2ccc(F)cc2)n1. The first kappa shape index (κ1) is 15.2. The predicted molar refractivity (Wildman–Crippen MR) is 86.5 cm³/mol. The molecule has 0 aliphatic heterocycles. The lowest BCUT2D eigenvalue weighted by molar-refractivity contribution is 0.580. The minimum Gasteiger partial charge on any atom is -0.382 e. The molecule has 1 aromatic heterocycles. The van der Waals surface area contributed by atoms with E-state index >= 15 is 0 Å². The molecule has 0 saturated heterocycles. The maximum absolute atomic E-state index is 12.9. The average Bonchev–Trinajstić information content (AvgIpc) is 2.93. The van der Waals surface area contributed by atoms with E-state index in [4.69, 9.17) is 5.73 Å². The Kier molecular flexibility index (Phi) is 3.87. The molecule has 0 unspecified atom stereocenters. The maximum atomic E-state index is 12.9. The lowest BCUT2D eigenvalue weighted by Gasteiger charge is -2.09. The smallest absolute Gasteiger partial charge is 0.258 e. The second-order valence-corrected chi connectivity index (χ2v) is 6.84. The van der Waals surface area contributed by atoms with E-state index in [1.807, 2.05) is 6.07 Å². The van der Waals surface area contributed by atoms with E-state index < -0.39 is 15.8 Å². The van der Waals surface area contributed by atoms with Gasteiger partial charge in [-0.25, -0.2) is 12.8 Å². The van der Waals surface area contributed by atoms with E-state index in [2.05, 4.69) is 5.10 Å². The van der Waals surface area contributed by atoms with Crippen molar-refractivity contribution < 1.29 is 12.8 Å². The fourth-order valence-electron chi connectivity index (χ4n) is 2.25. The van der Waals surface area contributed by atoms with Gasteiger partial charge in [-0.15, -0.1) is 5.10 Å². The summed E-state index contributed by atoms with van der Waals surface area (Å²) in [5, 5.41) is 3.90. The third-order valence-corrected chi connectivity index (χ3v) is 4.80. The van der Waals surface area contributed by atoms with Gasteiger partial charge in [0.1, 0.15) is 11.6 Å². The van der Waals surface area contributed by atoms with Gasteiger partial charge in [0.05, 0.1) is 11.4 Å². The van der Waals surface area contributed by atoms with Gasteiger partial charge >= 0.3 is 0 Å². The van der Waals surface area contributed by atoms with Crippen LogP contribution in [0, 0.1) is 5.82 Å². The summed E-state index contributed by atoms with van der Waals surface area (Å²) >= 11 is 0. The van der Waals surface area contributed by atoms with Crippen LogP contribution in [0.25, 0.3) is 11.3 Å². The fraction of sp³-hybridized carbons (Fsp3) is 0.0625. The molecule has 3 rings (SSSR count). The van der Waals surface area contributed by atoms with Crippen molar-refractivity contribution in [1.29, 1.82) is 0 Å². The molecule has 0 radical (unpaired) electrons. The third kappa shape index (κ3) is 3.24. The predicted octanol–water partition coefficient (Wildman–Crippen LogP) is 2.65. The van der Waals surface area contributed by atoms with Crippen molar-refractivity contribution in [3.8, 4) is 11.3 Å². The Bertz CT molecular complexity index is 920. The Morgan fingerprint density at radius 1 is 1.04 bits per heavy atom. The standard InChI is InChI=1S/C16H14FN3O2S/c17-14-8-6-12(7-9-14)11-23(21,22)20-15(10-16(18)19-20)13-4-2-1-3-5-13/h1-10H,11H2,(H2,18,19). The number of rotatable bonds is 4. The highest BCUT2D eigenvalue weighted by molar-refractivity contribution is 7.89.